The fourth-order valence-electron chi connectivity index (χ4n) is 2.08. The fourth-order valence-corrected chi connectivity index (χ4v) is 2.08. The normalized spacial score (nSPS) is 10.7. The molecule has 1 aromatic carbocycles. The van der Waals surface area contributed by atoms with Crippen LogP contribution in [0.1, 0.15) is 10.4 Å². The van der Waals surface area contributed by atoms with Gasteiger partial charge in [-0.15, -0.1) is 0 Å². The van der Waals surface area contributed by atoms with Crippen LogP contribution >= 0.6 is 0 Å². The molecule has 20 heavy (non-hydrogen) atoms. The number of para-hydroxylation sites is 2. The second-order valence-electron chi connectivity index (χ2n) is 4.39. The van der Waals surface area contributed by atoms with E-state index in [-0.39, 0.29) is 5.91 Å². The lowest BCUT2D eigenvalue weighted by molar-refractivity contribution is 0.0994. The predicted molar refractivity (Wildman–Crippen MR) is 76.6 cm³/mol. The van der Waals surface area contributed by atoms with Gasteiger partial charge in [0, 0.05) is 19.4 Å². The molecule has 0 saturated heterocycles. The molecule has 0 bridgehead atoms. The summed E-state index contributed by atoms with van der Waals surface area (Å²) in [5.41, 5.74) is 8.27. The molecule has 0 aliphatic rings. The van der Waals surface area contributed by atoms with Gasteiger partial charge in [0.2, 0.25) is 0 Å². The van der Waals surface area contributed by atoms with Crippen LogP contribution in [0.25, 0.3) is 5.52 Å². The molecule has 0 unspecified atom stereocenters. The number of benzene rings is 1. The Bertz CT molecular complexity index is 780. The summed E-state index contributed by atoms with van der Waals surface area (Å²) in [6, 6.07) is 7.23. The Morgan fingerprint density at radius 1 is 1.30 bits per heavy atom. The quantitative estimate of drug-likeness (QED) is 0.715. The molecule has 0 saturated carbocycles. The van der Waals surface area contributed by atoms with Crippen LogP contribution in [0.15, 0.2) is 49.1 Å². The standard InChI is InChI=1S/C14H13N5O/c1-18(12-5-3-2-4-11(12)15)14(20)10-8-17-19-7-6-16-9-13(10)19/h2-9H,15H2,1H3. The topological polar surface area (TPSA) is 76.5 Å². The van der Waals surface area contributed by atoms with E-state index in [1.54, 1.807) is 42.3 Å². The van der Waals surface area contributed by atoms with Crippen LogP contribution < -0.4 is 10.6 Å². The highest BCUT2D eigenvalue weighted by Crippen LogP contribution is 2.23. The highest BCUT2D eigenvalue weighted by Gasteiger charge is 2.19. The molecular formula is C14H13N5O. The number of hydrogen-bond acceptors (Lipinski definition) is 4. The molecule has 6 heteroatoms. The van der Waals surface area contributed by atoms with Crippen molar-refractivity contribution in [3.8, 4) is 0 Å². The molecule has 0 radical (unpaired) electrons. The van der Waals surface area contributed by atoms with Crippen molar-refractivity contribution in [2.45, 2.75) is 0 Å². The average molecular weight is 267 g/mol. The average Bonchev–Trinajstić information content (AvgIpc) is 2.90. The third-order valence-corrected chi connectivity index (χ3v) is 3.16. The number of rotatable bonds is 2. The van der Waals surface area contributed by atoms with Crippen molar-refractivity contribution >= 4 is 22.8 Å². The van der Waals surface area contributed by atoms with Gasteiger partial charge in [-0.25, -0.2) is 4.52 Å². The largest absolute Gasteiger partial charge is 0.397 e. The van der Waals surface area contributed by atoms with Gasteiger partial charge in [0.05, 0.1) is 34.8 Å². The molecular weight excluding hydrogens is 254 g/mol. The number of anilines is 2. The van der Waals surface area contributed by atoms with E-state index in [9.17, 15) is 4.79 Å². The van der Waals surface area contributed by atoms with E-state index in [1.165, 1.54) is 11.1 Å². The Labute approximate surface area is 115 Å². The van der Waals surface area contributed by atoms with Crippen LogP contribution in [0.3, 0.4) is 0 Å². The number of carbonyl (C=O) groups is 1. The summed E-state index contributed by atoms with van der Waals surface area (Å²) in [5.74, 6) is -0.175. The zero-order chi connectivity index (χ0) is 14.1. The summed E-state index contributed by atoms with van der Waals surface area (Å²) in [6.45, 7) is 0. The number of hydrogen-bond donors (Lipinski definition) is 1. The van der Waals surface area contributed by atoms with Gasteiger partial charge in [0.1, 0.15) is 0 Å². The van der Waals surface area contributed by atoms with E-state index in [0.29, 0.717) is 22.5 Å². The maximum atomic E-state index is 12.6. The van der Waals surface area contributed by atoms with Gasteiger partial charge in [0.15, 0.2) is 0 Å². The monoisotopic (exact) mass is 267 g/mol. The van der Waals surface area contributed by atoms with Crippen LogP contribution in [0.2, 0.25) is 0 Å². The lowest BCUT2D eigenvalue weighted by Gasteiger charge is -2.18. The van der Waals surface area contributed by atoms with E-state index < -0.39 is 0 Å². The maximum Gasteiger partial charge on any atom is 0.261 e. The minimum absolute atomic E-state index is 0.175. The Morgan fingerprint density at radius 3 is 2.90 bits per heavy atom. The molecule has 2 N–H and O–H groups in total. The number of nitrogens with zero attached hydrogens (tertiary/aromatic N) is 4. The Morgan fingerprint density at radius 2 is 2.10 bits per heavy atom. The number of fused-ring (bicyclic) bond motifs is 1. The first-order valence-electron chi connectivity index (χ1n) is 6.08. The summed E-state index contributed by atoms with van der Waals surface area (Å²) in [5, 5.41) is 4.14. The lowest BCUT2D eigenvalue weighted by Crippen LogP contribution is -2.26. The first-order chi connectivity index (χ1) is 9.68. The molecule has 2 aromatic heterocycles. The van der Waals surface area contributed by atoms with Crippen molar-refractivity contribution in [1.82, 2.24) is 14.6 Å². The minimum Gasteiger partial charge on any atom is -0.397 e. The highest BCUT2D eigenvalue weighted by molar-refractivity contribution is 6.11. The van der Waals surface area contributed by atoms with Crippen LogP contribution in [-0.4, -0.2) is 27.6 Å². The highest BCUT2D eigenvalue weighted by atomic mass is 16.2. The van der Waals surface area contributed by atoms with E-state index >= 15 is 0 Å². The molecule has 0 fully saturated rings. The van der Waals surface area contributed by atoms with Crippen molar-refractivity contribution in [3.05, 3.63) is 54.6 Å². The van der Waals surface area contributed by atoms with Crippen molar-refractivity contribution in [2.75, 3.05) is 17.7 Å². The molecule has 6 nitrogen and oxygen atoms in total. The van der Waals surface area contributed by atoms with Crippen LogP contribution in [-0.2, 0) is 0 Å². The second-order valence-corrected chi connectivity index (χ2v) is 4.39. The zero-order valence-corrected chi connectivity index (χ0v) is 10.9. The maximum absolute atomic E-state index is 12.6. The SMILES string of the molecule is CN(C(=O)c1cnn2ccncc12)c1ccccc1N. The first kappa shape index (κ1) is 12.2. The van der Waals surface area contributed by atoms with E-state index in [1.807, 2.05) is 12.1 Å². The lowest BCUT2D eigenvalue weighted by atomic mass is 10.2. The van der Waals surface area contributed by atoms with Crippen LogP contribution in [0, 0.1) is 0 Å². The fraction of sp³-hybridized carbons (Fsp3) is 0.0714. The smallest absolute Gasteiger partial charge is 0.261 e. The van der Waals surface area contributed by atoms with Gasteiger partial charge in [-0.1, -0.05) is 12.1 Å². The van der Waals surface area contributed by atoms with Crippen molar-refractivity contribution in [3.63, 3.8) is 0 Å². The summed E-state index contributed by atoms with van der Waals surface area (Å²) >= 11 is 0. The summed E-state index contributed by atoms with van der Waals surface area (Å²) in [6.07, 6.45) is 6.47. The number of amides is 1. The van der Waals surface area contributed by atoms with Crippen molar-refractivity contribution in [2.24, 2.45) is 0 Å². The van der Waals surface area contributed by atoms with Crippen molar-refractivity contribution < 1.29 is 4.79 Å². The predicted octanol–water partition coefficient (Wildman–Crippen LogP) is 1.59. The summed E-state index contributed by atoms with van der Waals surface area (Å²) in [7, 11) is 1.69. The zero-order valence-electron chi connectivity index (χ0n) is 10.9. The molecule has 0 aliphatic heterocycles. The molecule has 1 amide bonds. The molecule has 2 heterocycles. The van der Waals surface area contributed by atoms with E-state index in [4.69, 9.17) is 5.73 Å². The minimum atomic E-state index is -0.175. The Balaban J connectivity index is 2.03. The van der Waals surface area contributed by atoms with Crippen LogP contribution in [0.4, 0.5) is 11.4 Å². The Kier molecular flexibility index (Phi) is 2.83. The van der Waals surface area contributed by atoms with E-state index in [2.05, 4.69) is 10.1 Å². The van der Waals surface area contributed by atoms with Gasteiger partial charge in [-0.3, -0.25) is 9.78 Å². The summed E-state index contributed by atoms with van der Waals surface area (Å²) < 4.78 is 1.61. The third kappa shape index (κ3) is 1.87. The second kappa shape index (κ2) is 4.65. The molecule has 3 aromatic rings. The van der Waals surface area contributed by atoms with Gasteiger partial charge in [-0.05, 0) is 12.1 Å². The molecule has 100 valence electrons. The molecule has 0 atom stereocenters. The number of nitrogen functional groups attached to an aromatic ring is 1. The van der Waals surface area contributed by atoms with Crippen molar-refractivity contribution in [1.29, 1.82) is 0 Å². The molecule has 0 spiro atoms. The third-order valence-electron chi connectivity index (χ3n) is 3.16. The summed E-state index contributed by atoms with van der Waals surface area (Å²) in [4.78, 5) is 18.1. The van der Waals surface area contributed by atoms with E-state index in [0.717, 1.165) is 0 Å². The number of aromatic nitrogens is 3. The number of carbonyl (C=O) groups excluding carboxylic acids is 1. The van der Waals surface area contributed by atoms with Gasteiger partial charge in [-0.2, -0.15) is 5.10 Å². The van der Waals surface area contributed by atoms with Crippen LogP contribution in [0.5, 0.6) is 0 Å². The van der Waals surface area contributed by atoms with Gasteiger partial charge >= 0.3 is 0 Å². The number of nitrogens with two attached hydrogens (primary N) is 1. The molecule has 3 rings (SSSR count). The first-order valence-corrected chi connectivity index (χ1v) is 6.08. The molecule has 0 aliphatic carbocycles. The van der Waals surface area contributed by atoms with Gasteiger partial charge in [0.25, 0.3) is 5.91 Å². The van der Waals surface area contributed by atoms with Gasteiger partial charge < -0.3 is 10.6 Å². The Hall–Kier alpha value is -2.89.